The largest absolute Gasteiger partial charge is 0.438 e. The number of rotatable bonds is 6. The van der Waals surface area contributed by atoms with Crippen LogP contribution in [0.25, 0.3) is 83.4 Å². The van der Waals surface area contributed by atoms with Gasteiger partial charge in [-0.1, -0.05) is 188 Å². The highest BCUT2D eigenvalue weighted by atomic mass is 16.3. The Morgan fingerprint density at radius 2 is 0.803 bits per heavy atom. The molecule has 0 saturated heterocycles. The summed E-state index contributed by atoms with van der Waals surface area (Å²) in [6.07, 6.45) is 0. The number of nitrogens with zero attached hydrogens (tertiary/aromatic N) is 2. The standard InChI is InChI=1S/C63H40N2O/c1-3-15-41(16-4-1)43-27-32-46(33-28-43)64(48-36-37-52-51-21-9-13-25-56(51)63(57(52)40-48)54-23-11-7-19-49(54)50-20-8-12-24-55(50)63)47-34-29-44(30-35-47)61-53-22-10-14-26-58(53)65-59-38-31-45(39-60(59)66-62(61)65)42-17-5-2-6-18-42/h1-40H. The van der Waals surface area contributed by atoms with Gasteiger partial charge in [0, 0.05) is 22.4 Å². The van der Waals surface area contributed by atoms with Crippen molar-refractivity contribution in [2.45, 2.75) is 5.41 Å². The average Bonchev–Trinajstić information content (AvgIpc) is 4.10. The van der Waals surface area contributed by atoms with Crippen LogP contribution in [0.4, 0.5) is 17.1 Å². The third-order valence-corrected chi connectivity index (χ3v) is 14.2. The number of oxazole rings is 1. The molecule has 2 aliphatic rings. The van der Waals surface area contributed by atoms with E-state index in [2.05, 4.69) is 252 Å². The first-order valence-corrected chi connectivity index (χ1v) is 22.7. The van der Waals surface area contributed by atoms with Gasteiger partial charge in [-0.15, -0.1) is 0 Å². The monoisotopic (exact) mass is 840 g/mol. The van der Waals surface area contributed by atoms with Gasteiger partial charge < -0.3 is 9.32 Å². The molecule has 308 valence electrons. The number of hydrogen-bond donors (Lipinski definition) is 0. The molecule has 0 amide bonds. The molecule has 0 N–H and O–H groups in total. The third kappa shape index (κ3) is 5.20. The Bertz CT molecular complexity index is 3800. The van der Waals surface area contributed by atoms with Gasteiger partial charge in [-0.3, -0.25) is 4.40 Å². The molecule has 0 bridgehead atoms. The van der Waals surface area contributed by atoms with Crippen molar-refractivity contribution in [3.05, 3.63) is 265 Å². The van der Waals surface area contributed by atoms with Crippen molar-refractivity contribution in [2.75, 3.05) is 4.90 Å². The van der Waals surface area contributed by atoms with Crippen LogP contribution in [-0.2, 0) is 5.41 Å². The molecule has 14 rings (SSSR count). The molecule has 0 aliphatic heterocycles. The Morgan fingerprint density at radius 1 is 0.333 bits per heavy atom. The van der Waals surface area contributed by atoms with Gasteiger partial charge in [0.2, 0.25) is 5.71 Å². The summed E-state index contributed by atoms with van der Waals surface area (Å²) in [6.45, 7) is 0. The van der Waals surface area contributed by atoms with E-state index in [1.807, 2.05) is 0 Å². The molecule has 66 heavy (non-hydrogen) atoms. The summed E-state index contributed by atoms with van der Waals surface area (Å²) >= 11 is 0. The maximum Gasteiger partial charge on any atom is 0.213 e. The fourth-order valence-corrected chi connectivity index (χ4v) is 11.4. The van der Waals surface area contributed by atoms with Crippen LogP contribution in [-0.4, -0.2) is 4.40 Å². The van der Waals surface area contributed by atoms with Gasteiger partial charge in [0.15, 0.2) is 5.58 Å². The number of para-hydroxylation sites is 1. The zero-order chi connectivity index (χ0) is 43.3. The first-order chi connectivity index (χ1) is 32.7. The van der Waals surface area contributed by atoms with Gasteiger partial charge in [0.1, 0.15) is 0 Å². The van der Waals surface area contributed by atoms with Crippen LogP contribution in [0.3, 0.4) is 0 Å². The lowest BCUT2D eigenvalue weighted by molar-refractivity contribution is 0.658. The Balaban J connectivity index is 0.947. The molecular formula is C63H40N2O. The van der Waals surface area contributed by atoms with Crippen molar-refractivity contribution in [1.82, 2.24) is 4.40 Å². The van der Waals surface area contributed by atoms with E-state index < -0.39 is 5.41 Å². The fraction of sp³-hybridized carbons (Fsp3) is 0.0159. The summed E-state index contributed by atoms with van der Waals surface area (Å²) in [6, 6.07) is 88.6. The zero-order valence-corrected chi connectivity index (χ0v) is 35.9. The van der Waals surface area contributed by atoms with Crippen molar-refractivity contribution in [3.63, 3.8) is 0 Å². The predicted octanol–water partition coefficient (Wildman–Crippen LogP) is 16.7. The highest BCUT2D eigenvalue weighted by Crippen LogP contribution is 2.63. The zero-order valence-electron chi connectivity index (χ0n) is 35.9. The van der Waals surface area contributed by atoms with E-state index in [4.69, 9.17) is 4.42 Å². The van der Waals surface area contributed by atoms with Crippen LogP contribution in [0, 0.1) is 0 Å². The molecule has 0 fully saturated rings. The lowest BCUT2D eigenvalue weighted by Gasteiger charge is -2.32. The first-order valence-electron chi connectivity index (χ1n) is 22.7. The second-order valence-electron chi connectivity index (χ2n) is 17.6. The van der Waals surface area contributed by atoms with Crippen LogP contribution < -0.4 is 4.90 Å². The van der Waals surface area contributed by atoms with Crippen LogP contribution >= 0.6 is 0 Å². The minimum absolute atomic E-state index is 0.446. The van der Waals surface area contributed by atoms with Crippen molar-refractivity contribution in [3.8, 4) is 55.6 Å². The Hall–Kier alpha value is -8.66. The van der Waals surface area contributed by atoms with Crippen molar-refractivity contribution in [1.29, 1.82) is 0 Å². The van der Waals surface area contributed by atoms with Crippen molar-refractivity contribution in [2.24, 2.45) is 0 Å². The summed E-state index contributed by atoms with van der Waals surface area (Å²) in [4.78, 5) is 2.42. The van der Waals surface area contributed by atoms with E-state index in [0.29, 0.717) is 0 Å². The molecule has 3 nitrogen and oxygen atoms in total. The molecule has 12 aromatic rings. The van der Waals surface area contributed by atoms with Gasteiger partial charge in [0.25, 0.3) is 0 Å². The molecule has 10 aromatic carbocycles. The smallest absolute Gasteiger partial charge is 0.213 e. The van der Waals surface area contributed by atoms with E-state index in [1.165, 1.54) is 61.2 Å². The summed E-state index contributed by atoms with van der Waals surface area (Å²) < 4.78 is 9.15. The number of fused-ring (bicyclic) bond motifs is 15. The van der Waals surface area contributed by atoms with Crippen molar-refractivity contribution >= 4 is 44.8 Å². The molecule has 0 saturated carbocycles. The van der Waals surface area contributed by atoms with Gasteiger partial charge in [-0.05, 0) is 127 Å². The van der Waals surface area contributed by atoms with Crippen LogP contribution in [0.2, 0.25) is 0 Å². The number of benzene rings is 10. The number of aromatic nitrogens is 1. The minimum Gasteiger partial charge on any atom is -0.438 e. The molecule has 3 heteroatoms. The van der Waals surface area contributed by atoms with E-state index in [9.17, 15) is 0 Å². The Kier molecular flexibility index (Phi) is 7.90. The Morgan fingerprint density at radius 3 is 1.42 bits per heavy atom. The van der Waals surface area contributed by atoms with Crippen LogP contribution in [0.5, 0.6) is 0 Å². The maximum atomic E-state index is 6.87. The second-order valence-corrected chi connectivity index (χ2v) is 17.6. The van der Waals surface area contributed by atoms with Crippen molar-refractivity contribution < 1.29 is 4.42 Å². The SMILES string of the molecule is c1ccc(-c2ccc(N(c3ccc(-c4c5ccccc5n5c4oc4cc(-c6ccccc6)ccc45)cc3)c3ccc4c(c3)C3(c5ccccc5-c5ccccc53)c3ccccc3-4)cc2)cc1. The maximum absolute atomic E-state index is 6.87. The minimum atomic E-state index is -0.446. The average molecular weight is 841 g/mol. The van der Waals surface area contributed by atoms with Crippen LogP contribution in [0.1, 0.15) is 22.3 Å². The molecular weight excluding hydrogens is 801 g/mol. The normalized spacial score (nSPS) is 13.0. The van der Waals surface area contributed by atoms with Gasteiger partial charge in [-0.2, -0.15) is 0 Å². The highest BCUT2D eigenvalue weighted by Gasteiger charge is 2.51. The molecule has 2 heterocycles. The fourth-order valence-electron chi connectivity index (χ4n) is 11.4. The molecule has 2 aromatic heterocycles. The highest BCUT2D eigenvalue weighted by molar-refractivity contribution is 6.07. The first kappa shape index (κ1) is 36.8. The van der Waals surface area contributed by atoms with Gasteiger partial charge >= 0.3 is 0 Å². The third-order valence-electron chi connectivity index (χ3n) is 14.2. The van der Waals surface area contributed by atoms with E-state index >= 15 is 0 Å². The summed E-state index contributed by atoms with van der Waals surface area (Å²) in [5.41, 5.74) is 24.1. The summed E-state index contributed by atoms with van der Waals surface area (Å²) in [5.74, 6) is 0. The summed E-state index contributed by atoms with van der Waals surface area (Å²) in [5, 5.41) is 1.16. The molecule has 0 atom stereocenters. The molecule has 1 spiro atoms. The lowest BCUT2D eigenvalue weighted by atomic mass is 9.70. The number of hydrogen-bond acceptors (Lipinski definition) is 2. The van der Waals surface area contributed by atoms with E-state index in [1.54, 1.807) is 0 Å². The Labute approximate surface area is 382 Å². The van der Waals surface area contributed by atoms with E-state index in [-0.39, 0.29) is 0 Å². The predicted molar refractivity (Wildman–Crippen MR) is 272 cm³/mol. The molecule has 0 radical (unpaired) electrons. The quantitative estimate of drug-likeness (QED) is 0.166. The molecule has 2 aliphatic carbocycles. The van der Waals surface area contributed by atoms with Crippen LogP contribution in [0.15, 0.2) is 247 Å². The van der Waals surface area contributed by atoms with Gasteiger partial charge in [-0.25, -0.2) is 0 Å². The summed E-state index contributed by atoms with van der Waals surface area (Å²) in [7, 11) is 0. The van der Waals surface area contributed by atoms with Gasteiger partial charge in [0.05, 0.1) is 22.0 Å². The topological polar surface area (TPSA) is 20.8 Å². The lowest BCUT2D eigenvalue weighted by Crippen LogP contribution is -2.26. The number of anilines is 3. The van der Waals surface area contributed by atoms with E-state index in [0.717, 1.165) is 61.5 Å². The molecule has 0 unspecified atom stereocenters. The second kappa shape index (κ2) is 14.2.